The Bertz CT molecular complexity index is 676. The molecule has 20 heavy (non-hydrogen) atoms. The second kappa shape index (κ2) is 5.26. The van der Waals surface area contributed by atoms with Gasteiger partial charge in [-0.3, -0.25) is 10.2 Å². The van der Waals surface area contributed by atoms with Crippen molar-refractivity contribution in [1.29, 1.82) is 5.41 Å². The van der Waals surface area contributed by atoms with E-state index in [0.29, 0.717) is 5.17 Å². The molecule has 1 amide bonds. The van der Waals surface area contributed by atoms with Crippen molar-refractivity contribution in [3.63, 3.8) is 0 Å². The number of nitrogens with zero attached hydrogens (tertiary/aromatic N) is 3. The first-order valence-corrected chi connectivity index (χ1v) is 7.86. The summed E-state index contributed by atoms with van der Waals surface area (Å²) in [6, 6.07) is 7.79. The molecule has 0 fully saturated rings. The zero-order chi connectivity index (χ0) is 14.1. The highest BCUT2D eigenvalue weighted by molar-refractivity contribution is 8.25. The maximum atomic E-state index is 12.0. The lowest BCUT2D eigenvalue weighted by molar-refractivity contribution is -0.114. The maximum Gasteiger partial charge on any atom is 0.283 e. The molecule has 5 nitrogen and oxygen atoms in total. The molecule has 2 aliphatic rings. The number of amidine groups is 2. The van der Waals surface area contributed by atoms with Gasteiger partial charge < -0.3 is 0 Å². The van der Waals surface area contributed by atoms with Gasteiger partial charge in [0.2, 0.25) is 0 Å². The third kappa shape index (κ3) is 2.30. The van der Waals surface area contributed by atoms with E-state index in [0.717, 1.165) is 10.5 Å². The molecule has 7 heteroatoms. The van der Waals surface area contributed by atoms with E-state index in [1.54, 1.807) is 23.4 Å². The van der Waals surface area contributed by atoms with Gasteiger partial charge in [-0.05, 0) is 41.8 Å². The predicted molar refractivity (Wildman–Crippen MR) is 84.3 cm³/mol. The Labute approximate surface area is 124 Å². The smallest absolute Gasteiger partial charge is 0.282 e. The van der Waals surface area contributed by atoms with E-state index < -0.39 is 5.91 Å². The van der Waals surface area contributed by atoms with Crippen LogP contribution in [0.2, 0.25) is 0 Å². The number of nitrogens with one attached hydrogen (secondary N) is 1. The number of carbonyl (C=O) groups is 1. The van der Waals surface area contributed by atoms with Crippen LogP contribution >= 0.6 is 23.5 Å². The van der Waals surface area contributed by atoms with Gasteiger partial charge in [-0.15, -0.1) is 11.8 Å². The second-order valence-electron chi connectivity index (χ2n) is 4.03. The number of carbonyl (C=O) groups excluding carboxylic acids is 1. The number of hydrogen-bond donors (Lipinski definition) is 1. The third-order valence-electron chi connectivity index (χ3n) is 2.82. The number of benzene rings is 1. The molecule has 0 radical (unpaired) electrons. The Morgan fingerprint density at radius 3 is 2.80 bits per heavy atom. The molecule has 3 rings (SSSR count). The summed E-state index contributed by atoms with van der Waals surface area (Å²) < 4.78 is 0. The zero-order valence-corrected chi connectivity index (χ0v) is 12.2. The van der Waals surface area contributed by atoms with E-state index in [1.807, 2.05) is 30.5 Å². The highest BCUT2D eigenvalue weighted by Gasteiger charge is 2.32. The number of hydrogen-bond acceptors (Lipinski definition) is 5. The molecule has 2 heterocycles. The van der Waals surface area contributed by atoms with Gasteiger partial charge in [-0.1, -0.05) is 12.1 Å². The topological polar surface area (TPSA) is 68.9 Å². The van der Waals surface area contributed by atoms with Crippen LogP contribution in [0.4, 0.5) is 0 Å². The average Bonchev–Trinajstić information content (AvgIpc) is 2.92. The van der Waals surface area contributed by atoms with Crippen LogP contribution in [0.25, 0.3) is 6.08 Å². The lowest BCUT2D eigenvalue weighted by Crippen LogP contribution is -2.35. The first-order valence-electron chi connectivity index (χ1n) is 5.76. The van der Waals surface area contributed by atoms with Crippen molar-refractivity contribution in [3.05, 3.63) is 35.4 Å². The SMILES string of the molecule is CSc1ccc(/C=C2/C(=N)N3N=CSC3=NC2=O)cc1. The summed E-state index contributed by atoms with van der Waals surface area (Å²) in [4.78, 5) is 17.1. The molecule has 0 aliphatic carbocycles. The molecule has 0 saturated carbocycles. The minimum Gasteiger partial charge on any atom is -0.282 e. The Balaban J connectivity index is 1.96. The quantitative estimate of drug-likeness (QED) is 0.673. The predicted octanol–water partition coefficient (Wildman–Crippen LogP) is 2.66. The molecule has 0 saturated heterocycles. The number of amides is 1. The lowest BCUT2D eigenvalue weighted by Gasteiger charge is -2.20. The van der Waals surface area contributed by atoms with Crippen LogP contribution in [0.3, 0.4) is 0 Å². The van der Waals surface area contributed by atoms with Crippen LogP contribution in [-0.2, 0) is 4.79 Å². The van der Waals surface area contributed by atoms with Crippen molar-refractivity contribution >= 4 is 52.1 Å². The summed E-state index contributed by atoms with van der Waals surface area (Å²) in [5, 5.41) is 13.9. The minimum absolute atomic E-state index is 0.0650. The van der Waals surface area contributed by atoms with Crippen LogP contribution in [-0.4, -0.2) is 33.7 Å². The van der Waals surface area contributed by atoms with Gasteiger partial charge in [0.25, 0.3) is 5.91 Å². The van der Waals surface area contributed by atoms with Crippen molar-refractivity contribution in [2.45, 2.75) is 4.90 Å². The second-order valence-corrected chi connectivity index (χ2v) is 5.72. The fourth-order valence-corrected chi connectivity index (χ4v) is 2.82. The van der Waals surface area contributed by atoms with E-state index in [1.165, 1.54) is 16.8 Å². The summed E-state index contributed by atoms with van der Waals surface area (Å²) in [7, 11) is 0. The molecule has 0 aromatic heterocycles. The van der Waals surface area contributed by atoms with Crippen LogP contribution in [0.15, 0.2) is 44.8 Å². The number of thioether (sulfide) groups is 2. The van der Waals surface area contributed by atoms with Crippen molar-refractivity contribution in [2.75, 3.05) is 6.26 Å². The zero-order valence-electron chi connectivity index (χ0n) is 10.5. The van der Waals surface area contributed by atoms with E-state index in [-0.39, 0.29) is 11.4 Å². The summed E-state index contributed by atoms with van der Waals surface area (Å²) in [5.41, 5.74) is 2.69. The van der Waals surface area contributed by atoms with Crippen LogP contribution in [0.5, 0.6) is 0 Å². The number of hydrazone groups is 1. The minimum atomic E-state index is -0.395. The molecule has 0 atom stereocenters. The molecule has 2 aliphatic heterocycles. The molecule has 1 N–H and O–H groups in total. The summed E-state index contributed by atoms with van der Waals surface area (Å²) >= 11 is 2.90. The largest absolute Gasteiger partial charge is 0.283 e. The first-order chi connectivity index (χ1) is 9.69. The number of aliphatic imine (C=N–C) groups is 1. The highest BCUT2D eigenvalue weighted by Crippen LogP contribution is 2.25. The fourth-order valence-electron chi connectivity index (χ4n) is 1.80. The van der Waals surface area contributed by atoms with Gasteiger partial charge in [0, 0.05) is 4.90 Å². The monoisotopic (exact) mass is 302 g/mol. The van der Waals surface area contributed by atoms with Crippen molar-refractivity contribution in [1.82, 2.24) is 5.01 Å². The fraction of sp³-hybridized carbons (Fsp3) is 0.0769. The normalized spacial score (nSPS) is 19.6. The van der Waals surface area contributed by atoms with Gasteiger partial charge in [0.15, 0.2) is 11.0 Å². The van der Waals surface area contributed by atoms with E-state index >= 15 is 0 Å². The Morgan fingerprint density at radius 2 is 2.10 bits per heavy atom. The number of rotatable bonds is 2. The van der Waals surface area contributed by atoms with Crippen LogP contribution in [0.1, 0.15) is 5.56 Å². The maximum absolute atomic E-state index is 12.0. The van der Waals surface area contributed by atoms with Crippen LogP contribution in [0, 0.1) is 5.41 Å². The van der Waals surface area contributed by atoms with Gasteiger partial charge in [-0.25, -0.2) is 0 Å². The third-order valence-corrected chi connectivity index (χ3v) is 4.24. The molecular weight excluding hydrogens is 292 g/mol. The highest BCUT2D eigenvalue weighted by atomic mass is 32.2. The molecule has 100 valence electrons. The van der Waals surface area contributed by atoms with E-state index in [9.17, 15) is 4.79 Å². The van der Waals surface area contributed by atoms with Gasteiger partial charge in [0.1, 0.15) is 0 Å². The van der Waals surface area contributed by atoms with Crippen LogP contribution < -0.4 is 0 Å². The molecule has 1 aromatic carbocycles. The van der Waals surface area contributed by atoms with E-state index in [2.05, 4.69) is 10.1 Å². The Kier molecular flexibility index (Phi) is 3.45. The van der Waals surface area contributed by atoms with Gasteiger partial charge in [-0.2, -0.15) is 15.1 Å². The summed E-state index contributed by atoms with van der Waals surface area (Å²) in [6.07, 6.45) is 3.68. The Morgan fingerprint density at radius 1 is 1.35 bits per heavy atom. The molecule has 0 spiro atoms. The molecular formula is C13H10N4OS2. The van der Waals surface area contributed by atoms with E-state index in [4.69, 9.17) is 5.41 Å². The summed E-state index contributed by atoms with van der Waals surface area (Å²) in [6.45, 7) is 0. The standard InChI is InChI=1S/C13H10N4OS2/c1-19-9-4-2-8(3-5-9)6-10-11(14)17-13(16-12(10)18)20-7-15-17/h2-7,14H,1H3/b10-6-,14-11?. The van der Waals surface area contributed by atoms with Crippen molar-refractivity contribution in [3.8, 4) is 0 Å². The number of fused-ring (bicyclic) bond motifs is 1. The van der Waals surface area contributed by atoms with Crippen molar-refractivity contribution in [2.24, 2.45) is 10.1 Å². The van der Waals surface area contributed by atoms with Gasteiger partial charge in [0.05, 0.1) is 11.1 Å². The van der Waals surface area contributed by atoms with Crippen molar-refractivity contribution < 1.29 is 4.79 Å². The lowest BCUT2D eigenvalue weighted by atomic mass is 10.1. The first kappa shape index (κ1) is 13.1. The van der Waals surface area contributed by atoms with Gasteiger partial charge >= 0.3 is 0 Å². The molecule has 1 aromatic rings. The molecule has 0 unspecified atom stereocenters. The Hall–Kier alpha value is -1.86. The summed E-state index contributed by atoms with van der Waals surface area (Å²) in [5.74, 6) is -0.330. The molecule has 0 bridgehead atoms. The average molecular weight is 302 g/mol.